The van der Waals surface area contributed by atoms with E-state index in [0.717, 1.165) is 23.1 Å². The van der Waals surface area contributed by atoms with Crippen molar-refractivity contribution >= 4 is 29.2 Å². The molecule has 0 aromatic heterocycles. The van der Waals surface area contributed by atoms with Crippen molar-refractivity contribution in [1.29, 1.82) is 5.26 Å². The summed E-state index contributed by atoms with van der Waals surface area (Å²) in [6, 6.07) is 17.9. The molecule has 3 aromatic rings. The maximum atomic E-state index is 12.8. The van der Waals surface area contributed by atoms with E-state index < -0.39 is 11.9 Å². The molecule has 1 aliphatic rings. The summed E-state index contributed by atoms with van der Waals surface area (Å²) in [5.41, 5.74) is 9.31. The number of ether oxygens (including phenoxy) is 3. The lowest BCUT2D eigenvalue weighted by molar-refractivity contribution is 0.0734. The standard InChI is InChI=1S/C27H22Cl2N2O4/c1-3-10-33-25-21(28)11-17(12-22(25)29)27(32)34-18-8-9-19-23(13-18)35-26(31)20(14-30)24(19)16-6-4-15(2)5-7-16/h4-9,11-13,24H,3,10,31H2,1-2H3. The number of hydrogen-bond acceptors (Lipinski definition) is 6. The Kier molecular flexibility index (Phi) is 7.20. The van der Waals surface area contributed by atoms with Crippen molar-refractivity contribution in [3.05, 3.63) is 98.4 Å². The number of fused-ring (bicyclic) bond motifs is 1. The molecule has 6 nitrogen and oxygen atoms in total. The number of rotatable bonds is 6. The van der Waals surface area contributed by atoms with Gasteiger partial charge in [-0.15, -0.1) is 0 Å². The predicted octanol–water partition coefficient (Wildman–Crippen LogP) is 6.53. The largest absolute Gasteiger partial charge is 0.490 e. The lowest BCUT2D eigenvalue weighted by Gasteiger charge is -2.26. The fourth-order valence-corrected chi connectivity index (χ4v) is 4.38. The molecule has 178 valence electrons. The summed E-state index contributed by atoms with van der Waals surface area (Å²) in [4.78, 5) is 12.8. The molecule has 0 spiro atoms. The Morgan fingerprint density at radius 2 is 1.80 bits per heavy atom. The molecule has 8 heteroatoms. The second-order valence-corrected chi connectivity index (χ2v) is 8.86. The van der Waals surface area contributed by atoms with E-state index in [4.69, 9.17) is 43.1 Å². The van der Waals surface area contributed by atoms with Crippen LogP contribution in [0, 0.1) is 18.3 Å². The summed E-state index contributed by atoms with van der Waals surface area (Å²) in [5.74, 6) is -0.0767. The van der Waals surface area contributed by atoms with Gasteiger partial charge in [0.15, 0.2) is 5.75 Å². The molecule has 0 aliphatic carbocycles. The van der Waals surface area contributed by atoms with Crippen molar-refractivity contribution in [2.24, 2.45) is 5.73 Å². The number of nitrogens with zero attached hydrogens (tertiary/aromatic N) is 1. The quantitative estimate of drug-likeness (QED) is 0.300. The first-order valence-electron chi connectivity index (χ1n) is 10.9. The number of benzene rings is 3. The van der Waals surface area contributed by atoms with Gasteiger partial charge in [-0.2, -0.15) is 5.26 Å². The second-order valence-electron chi connectivity index (χ2n) is 8.04. The van der Waals surface area contributed by atoms with Gasteiger partial charge in [-0.05, 0) is 37.1 Å². The first-order valence-corrected chi connectivity index (χ1v) is 11.7. The zero-order chi connectivity index (χ0) is 25.1. The van der Waals surface area contributed by atoms with Gasteiger partial charge >= 0.3 is 5.97 Å². The molecule has 4 rings (SSSR count). The van der Waals surface area contributed by atoms with Gasteiger partial charge in [-0.3, -0.25) is 0 Å². The molecule has 0 saturated heterocycles. The SMILES string of the molecule is CCCOc1c(Cl)cc(C(=O)Oc2ccc3c(c2)OC(N)=C(C#N)C3c2ccc(C)cc2)cc1Cl. The molecule has 0 fully saturated rings. The number of nitriles is 1. The molecule has 0 radical (unpaired) electrons. The molecule has 3 aromatic carbocycles. The van der Waals surface area contributed by atoms with Crippen molar-refractivity contribution < 1.29 is 19.0 Å². The van der Waals surface area contributed by atoms with E-state index in [1.807, 2.05) is 38.1 Å². The van der Waals surface area contributed by atoms with Gasteiger partial charge in [0.2, 0.25) is 5.88 Å². The zero-order valence-electron chi connectivity index (χ0n) is 19.1. The maximum absolute atomic E-state index is 12.8. The van der Waals surface area contributed by atoms with E-state index >= 15 is 0 Å². The normalized spacial score (nSPS) is 14.5. The first-order chi connectivity index (χ1) is 16.8. The lowest BCUT2D eigenvalue weighted by atomic mass is 9.83. The van der Waals surface area contributed by atoms with E-state index in [1.165, 1.54) is 12.1 Å². The summed E-state index contributed by atoms with van der Waals surface area (Å²) in [6.45, 7) is 4.40. The maximum Gasteiger partial charge on any atom is 0.343 e. The minimum absolute atomic E-state index is 0.00952. The highest BCUT2D eigenvalue weighted by Crippen LogP contribution is 2.43. The van der Waals surface area contributed by atoms with Crippen molar-refractivity contribution in [3.8, 4) is 23.3 Å². The Morgan fingerprint density at radius 1 is 1.11 bits per heavy atom. The van der Waals surface area contributed by atoms with Crippen molar-refractivity contribution in [2.45, 2.75) is 26.2 Å². The van der Waals surface area contributed by atoms with Gasteiger partial charge in [0, 0.05) is 11.6 Å². The second kappa shape index (κ2) is 10.3. The Morgan fingerprint density at radius 3 is 2.43 bits per heavy atom. The molecule has 1 aliphatic heterocycles. The van der Waals surface area contributed by atoms with Crippen LogP contribution in [0.15, 0.2) is 66.1 Å². The Labute approximate surface area is 213 Å². The Balaban J connectivity index is 1.62. The predicted molar refractivity (Wildman–Crippen MR) is 134 cm³/mol. The van der Waals surface area contributed by atoms with Crippen molar-refractivity contribution in [1.82, 2.24) is 0 Å². The third-order valence-corrected chi connectivity index (χ3v) is 6.06. The van der Waals surface area contributed by atoms with Gasteiger partial charge in [0.25, 0.3) is 0 Å². The lowest BCUT2D eigenvalue weighted by Crippen LogP contribution is -2.21. The average molecular weight is 509 g/mol. The van der Waals surface area contributed by atoms with Crippen LogP contribution in [-0.2, 0) is 0 Å². The summed E-state index contributed by atoms with van der Waals surface area (Å²) in [7, 11) is 0. The number of aryl methyl sites for hydroxylation is 1. The number of hydrogen-bond donors (Lipinski definition) is 1. The molecule has 1 atom stereocenters. The highest BCUT2D eigenvalue weighted by molar-refractivity contribution is 6.37. The van der Waals surface area contributed by atoms with Crippen LogP contribution in [0.25, 0.3) is 0 Å². The summed E-state index contributed by atoms with van der Waals surface area (Å²) < 4.78 is 16.8. The molecular formula is C27H22Cl2N2O4. The van der Waals surface area contributed by atoms with Crippen LogP contribution in [0.2, 0.25) is 10.0 Å². The first kappa shape index (κ1) is 24.5. The molecule has 35 heavy (non-hydrogen) atoms. The van der Waals surface area contributed by atoms with Crippen LogP contribution in [0.4, 0.5) is 0 Å². The number of carbonyl (C=O) groups is 1. The van der Waals surface area contributed by atoms with Gasteiger partial charge in [0.05, 0.1) is 28.1 Å². The van der Waals surface area contributed by atoms with E-state index in [9.17, 15) is 10.1 Å². The summed E-state index contributed by atoms with van der Waals surface area (Å²) in [6.07, 6.45) is 0.789. The molecular weight excluding hydrogens is 487 g/mol. The third-order valence-electron chi connectivity index (χ3n) is 5.50. The highest BCUT2D eigenvalue weighted by Gasteiger charge is 2.31. The van der Waals surface area contributed by atoms with Crippen LogP contribution in [0.1, 0.15) is 46.3 Å². The summed E-state index contributed by atoms with van der Waals surface area (Å²) >= 11 is 12.5. The van der Waals surface area contributed by atoms with Gasteiger partial charge < -0.3 is 19.9 Å². The molecule has 0 saturated carbocycles. The average Bonchev–Trinajstić information content (AvgIpc) is 2.83. The van der Waals surface area contributed by atoms with E-state index in [1.54, 1.807) is 18.2 Å². The molecule has 1 heterocycles. The Hall–Kier alpha value is -3.66. The van der Waals surface area contributed by atoms with Crippen LogP contribution in [-0.4, -0.2) is 12.6 Å². The highest BCUT2D eigenvalue weighted by atomic mass is 35.5. The molecule has 0 bridgehead atoms. The van der Waals surface area contributed by atoms with Gasteiger partial charge in [-0.1, -0.05) is 66.0 Å². The monoisotopic (exact) mass is 508 g/mol. The number of halogens is 2. The summed E-state index contributed by atoms with van der Waals surface area (Å²) in [5, 5.41) is 10.2. The number of allylic oxidation sites excluding steroid dienone is 1. The van der Waals surface area contributed by atoms with Crippen LogP contribution >= 0.6 is 23.2 Å². The fraction of sp³-hybridized carbons (Fsp3) is 0.185. The van der Waals surface area contributed by atoms with Crippen LogP contribution in [0.5, 0.6) is 17.2 Å². The van der Waals surface area contributed by atoms with Crippen LogP contribution < -0.4 is 19.9 Å². The van der Waals surface area contributed by atoms with Crippen molar-refractivity contribution in [2.75, 3.05) is 6.61 Å². The van der Waals surface area contributed by atoms with E-state index in [2.05, 4.69) is 6.07 Å². The van der Waals surface area contributed by atoms with E-state index in [0.29, 0.717) is 23.7 Å². The van der Waals surface area contributed by atoms with Crippen LogP contribution in [0.3, 0.4) is 0 Å². The topological polar surface area (TPSA) is 94.6 Å². The fourth-order valence-electron chi connectivity index (χ4n) is 3.79. The zero-order valence-corrected chi connectivity index (χ0v) is 20.6. The number of carbonyl (C=O) groups excluding carboxylic acids is 1. The van der Waals surface area contributed by atoms with Gasteiger partial charge in [0.1, 0.15) is 23.1 Å². The number of esters is 1. The Bertz CT molecular complexity index is 1340. The molecule has 2 N–H and O–H groups in total. The van der Waals surface area contributed by atoms with E-state index in [-0.39, 0.29) is 27.2 Å². The molecule has 0 amide bonds. The number of nitrogens with two attached hydrogens (primary N) is 1. The van der Waals surface area contributed by atoms with Crippen molar-refractivity contribution in [3.63, 3.8) is 0 Å². The minimum atomic E-state index is -0.650. The smallest absolute Gasteiger partial charge is 0.343 e. The minimum Gasteiger partial charge on any atom is -0.490 e. The third kappa shape index (κ3) is 5.07. The molecule has 1 unspecified atom stereocenters. The van der Waals surface area contributed by atoms with Gasteiger partial charge in [-0.25, -0.2) is 4.79 Å².